The third-order valence-corrected chi connectivity index (χ3v) is 3.79. The topological polar surface area (TPSA) is 24.1 Å². The van der Waals surface area contributed by atoms with Crippen molar-refractivity contribution in [3.8, 4) is 0 Å². The molecule has 2 nitrogen and oxygen atoms in total. The third-order valence-electron chi connectivity index (χ3n) is 3.01. The molecule has 2 aromatic carbocycles. The zero-order valence-corrected chi connectivity index (χ0v) is 14.2. The molecule has 2 rings (SSSR count). The van der Waals surface area contributed by atoms with E-state index in [4.69, 9.17) is 35.4 Å². The first-order valence-electron chi connectivity index (χ1n) is 6.52. The number of aryl methyl sites for hydroxylation is 2. The van der Waals surface area contributed by atoms with E-state index in [-0.39, 0.29) is 0 Å². The van der Waals surface area contributed by atoms with E-state index in [0.29, 0.717) is 21.7 Å². The van der Waals surface area contributed by atoms with Crippen LogP contribution in [0.5, 0.6) is 0 Å². The number of hydrogen-bond donors (Lipinski definition) is 2. The first kappa shape index (κ1) is 16.1. The number of nitrogens with one attached hydrogen (secondary N) is 2. The molecule has 0 unspecified atom stereocenters. The largest absolute Gasteiger partial charge is 0.358 e. The molecule has 0 saturated carbocycles. The zero-order chi connectivity index (χ0) is 15.4. The van der Waals surface area contributed by atoms with Gasteiger partial charge in [-0.15, -0.1) is 0 Å². The Bertz CT molecular complexity index is 648. The molecule has 2 aromatic rings. The fraction of sp³-hybridized carbons (Fsp3) is 0.188. The van der Waals surface area contributed by atoms with Crippen molar-refractivity contribution in [3.05, 3.63) is 63.1 Å². The van der Waals surface area contributed by atoms with Gasteiger partial charge in [0.05, 0.1) is 10.7 Å². The molecule has 5 heteroatoms. The lowest BCUT2D eigenvalue weighted by molar-refractivity contribution is 0.926. The number of hydrogen-bond acceptors (Lipinski definition) is 1. The van der Waals surface area contributed by atoms with Crippen LogP contribution in [0.3, 0.4) is 0 Å². The number of halogens is 2. The standard InChI is InChI=1S/C16H16Cl2N2S/c1-10-6-11(2)15(14(18)7-10)20-16(21)19-9-12-4-3-5-13(17)8-12/h3-8H,9H2,1-2H3,(H2,19,20,21). The Kier molecular flexibility index (Phi) is 5.45. The van der Waals surface area contributed by atoms with Crippen molar-refractivity contribution in [2.24, 2.45) is 0 Å². The van der Waals surface area contributed by atoms with Crippen LogP contribution >= 0.6 is 35.4 Å². The molecule has 0 atom stereocenters. The van der Waals surface area contributed by atoms with E-state index in [1.807, 2.05) is 44.2 Å². The minimum absolute atomic E-state index is 0.531. The molecule has 0 aliphatic rings. The van der Waals surface area contributed by atoms with Gasteiger partial charge in [0.1, 0.15) is 0 Å². The molecule has 0 fully saturated rings. The second-order valence-electron chi connectivity index (χ2n) is 4.88. The van der Waals surface area contributed by atoms with Crippen molar-refractivity contribution in [1.82, 2.24) is 5.32 Å². The molecular weight excluding hydrogens is 323 g/mol. The van der Waals surface area contributed by atoms with Gasteiger partial charge < -0.3 is 10.6 Å². The minimum atomic E-state index is 0.531. The zero-order valence-electron chi connectivity index (χ0n) is 11.8. The predicted molar refractivity (Wildman–Crippen MR) is 95.4 cm³/mol. The maximum absolute atomic E-state index is 6.25. The maximum Gasteiger partial charge on any atom is 0.171 e. The lowest BCUT2D eigenvalue weighted by atomic mass is 10.1. The van der Waals surface area contributed by atoms with Crippen LogP contribution in [-0.2, 0) is 6.54 Å². The van der Waals surface area contributed by atoms with Gasteiger partial charge in [-0.05, 0) is 61.0 Å². The molecule has 110 valence electrons. The average molecular weight is 339 g/mol. The Morgan fingerprint density at radius 2 is 1.90 bits per heavy atom. The summed E-state index contributed by atoms with van der Waals surface area (Å²) in [5, 5.41) is 8.20. The van der Waals surface area contributed by atoms with E-state index in [9.17, 15) is 0 Å². The van der Waals surface area contributed by atoms with E-state index in [2.05, 4.69) is 16.7 Å². The number of thiocarbonyl (C=S) groups is 1. The number of benzene rings is 2. The van der Waals surface area contributed by atoms with E-state index in [0.717, 1.165) is 22.4 Å². The highest BCUT2D eigenvalue weighted by Gasteiger charge is 2.07. The summed E-state index contributed by atoms with van der Waals surface area (Å²) in [7, 11) is 0. The molecule has 0 saturated heterocycles. The molecule has 0 heterocycles. The van der Waals surface area contributed by atoms with E-state index in [1.165, 1.54) is 0 Å². The Hall–Kier alpha value is -1.29. The highest BCUT2D eigenvalue weighted by Crippen LogP contribution is 2.27. The van der Waals surface area contributed by atoms with Crippen LogP contribution in [0.15, 0.2) is 36.4 Å². The molecule has 0 aromatic heterocycles. The lowest BCUT2D eigenvalue weighted by Gasteiger charge is -2.14. The van der Waals surface area contributed by atoms with Gasteiger partial charge in [-0.25, -0.2) is 0 Å². The summed E-state index contributed by atoms with van der Waals surface area (Å²) in [4.78, 5) is 0. The smallest absolute Gasteiger partial charge is 0.171 e. The normalized spacial score (nSPS) is 10.3. The van der Waals surface area contributed by atoms with Crippen LogP contribution < -0.4 is 10.6 Å². The van der Waals surface area contributed by atoms with Gasteiger partial charge in [0.15, 0.2) is 5.11 Å². The van der Waals surface area contributed by atoms with Crippen molar-refractivity contribution in [3.63, 3.8) is 0 Å². The minimum Gasteiger partial charge on any atom is -0.358 e. The van der Waals surface area contributed by atoms with Gasteiger partial charge in [-0.3, -0.25) is 0 Å². The summed E-state index contributed by atoms with van der Waals surface area (Å²) >= 11 is 17.5. The van der Waals surface area contributed by atoms with Crippen molar-refractivity contribution in [2.75, 3.05) is 5.32 Å². The molecular formula is C16H16Cl2N2S. The van der Waals surface area contributed by atoms with Gasteiger partial charge in [0.2, 0.25) is 0 Å². The van der Waals surface area contributed by atoms with Gasteiger partial charge in [-0.1, -0.05) is 41.4 Å². The summed E-state index contributed by atoms with van der Waals surface area (Å²) in [5.41, 5.74) is 4.09. The van der Waals surface area contributed by atoms with Crippen molar-refractivity contribution < 1.29 is 0 Å². The summed E-state index contributed by atoms with van der Waals surface area (Å²) in [6, 6.07) is 11.6. The van der Waals surface area contributed by atoms with Gasteiger partial charge in [-0.2, -0.15) is 0 Å². The fourth-order valence-corrected chi connectivity index (χ4v) is 2.82. The summed E-state index contributed by atoms with van der Waals surface area (Å²) in [5.74, 6) is 0. The highest BCUT2D eigenvalue weighted by atomic mass is 35.5. The van der Waals surface area contributed by atoms with Crippen molar-refractivity contribution >= 4 is 46.2 Å². The third kappa shape index (κ3) is 4.60. The molecule has 21 heavy (non-hydrogen) atoms. The van der Waals surface area contributed by atoms with Crippen molar-refractivity contribution in [1.29, 1.82) is 0 Å². The van der Waals surface area contributed by atoms with Crippen molar-refractivity contribution in [2.45, 2.75) is 20.4 Å². The van der Waals surface area contributed by atoms with E-state index < -0.39 is 0 Å². The van der Waals surface area contributed by atoms with Crippen LogP contribution in [-0.4, -0.2) is 5.11 Å². The fourth-order valence-electron chi connectivity index (χ4n) is 2.06. The monoisotopic (exact) mass is 338 g/mol. The molecule has 0 bridgehead atoms. The van der Waals surface area contributed by atoms with Gasteiger partial charge >= 0.3 is 0 Å². The van der Waals surface area contributed by atoms with Crippen LogP contribution in [0.1, 0.15) is 16.7 Å². The summed E-state index contributed by atoms with van der Waals surface area (Å²) in [6.45, 7) is 4.62. The molecule has 0 aliphatic carbocycles. The van der Waals surface area contributed by atoms with E-state index in [1.54, 1.807) is 0 Å². The average Bonchev–Trinajstić information content (AvgIpc) is 2.40. The highest BCUT2D eigenvalue weighted by molar-refractivity contribution is 7.80. The predicted octanol–water partition coefficient (Wildman–Crippen LogP) is 5.10. The Labute approximate surface area is 140 Å². The summed E-state index contributed by atoms with van der Waals surface area (Å²) in [6.07, 6.45) is 0. The van der Waals surface area contributed by atoms with Crippen LogP contribution in [0.4, 0.5) is 5.69 Å². The molecule has 0 amide bonds. The maximum atomic E-state index is 6.25. The van der Waals surface area contributed by atoms with Crippen LogP contribution in [0.2, 0.25) is 10.0 Å². The Balaban J connectivity index is 1.99. The first-order valence-corrected chi connectivity index (χ1v) is 7.68. The number of anilines is 1. The molecule has 0 radical (unpaired) electrons. The quantitative estimate of drug-likeness (QED) is 0.761. The molecule has 2 N–H and O–H groups in total. The lowest BCUT2D eigenvalue weighted by Crippen LogP contribution is -2.28. The second-order valence-corrected chi connectivity index (χ2v) is 6.13. The number of rotatable bonds is 3. The first-order chi connectivity index (χ1) is 9.95. The van der Waals surface area contributed by atoms with Gasteiger partial charge in [0.25, 0.3) is 0 Å². The molecule has 0 aliphatic heterocycles. The van der Waals surface area contributed by atoms with Crippen LogP contribution in [0, 0.1) is 13.8 Å². The SMILES string of the molecule is Cc1cc(C)c(NC(=S)NCc2cccc(Cl)c2)c(Cl)c1. The van der Waals surface area contributed by atoms with E-state index >= 15 is 0 Å². The Morgan fingerprint density at radius 3 is 2.57 bits per heavy atom. The Morgan fingerprint density at radius 1 is 1.14 bits per heavy atom. The summed E-state index contributed by atoms with van der Waals surface area (Å²) < 4.78 is 0. The second kappa shape index (κ2) is 7.12. The van der Waals surface area contributed by atoms with Crippen LogP contribution in [0.25, 0.3) is 0 Å². The van der Waals surface area contributed by atoms with Gasteiger partial charge in [0, 0.05) is 11.6 Å². The molecule has 0 spiro atoms.